The number of hydrogen-bond acceptors (Lipinski definition) is 5. The van der Waals surface area contributed by atoms with Gasteiger partial charge in [0, 0.05) is 11.7 Å². The van der Waals surface area contributed by atoms with Gasteiger partial charge in [0.05, 0.1) is 6.04 Å². The predicted molar refractivity (Wildman–Crippen MR) is 138 cm³/mol. The molecule has 0 aromatic heterocycles. The highest BCUT2D eigenvalue weighted by Gasteiger charge is 2.27. The second-order valence-electron chi connectivity index (χ2n) is 9.47. The minimum absolute atomic E-state index is 0.0730. The molecule has 0 amide bonds. The van der Waals surface area contributed by atoms with Crippen molar-refractivity contribution >= 4 is 11.4 Å². The van der Waals surface area contributed by atoms with Crippen LogP contribution in [0.1, 0.15) is 56.5 Å². The summed E-state index contributed by atoms with van der Waals surface area (Å²) >= 11 is 0. The first-order valence-corrected chi connectivity index (χ1v) is 11.5. The average Bonchev–Trinajstić information content (AvgIpc) is 2.85. The van der Waals surface area contributed by atoms with E-state index in [4.69, 9.17) is 4.74 Å². The number of hydrogen-bond donors (Lipinski definition) is 2. The Morgan fingerprint density at radius 1 is 0.735 bits per heavy atom. The van der Waals surface area contributed by atoms with Gasteiger partial charge in [-0.05, 0) is 56.5 Å². The van der Waals surface area contributed by atoms with Crippen LogP contribution in [0.15, 0.2) is 94.5 Å². The summed E-state index contributed by atoms with van der Waals surface area (Å²) in [6.45, 7) is 7.68. The summed E-state index contributed by atoms with van der Waals surface area (Å²) in [6.07, 6.45) is 0. The van der Waals surface area contributed by atoms with Crippen LogP contribution in [0.3, 0.4) is 0 Å². The Hall–Kier alpha value is -3.70. The fraction of sp³-hybridized carbons (Fsp3) is 0.241. The molecule has 4 rings (SSSR count). The summed E-state index contributed by atoms with van der Waals surface area (Å²) in [7, 11) is 0. The molecule has 174 valence electrons. The average molecular weight is 455 g/mol. The van der Waals surface area contributed by atoms with E-state index in [2.05, 4.69) is 47.9 Å². The molecule has 0 heterocycles. The van der Waals surface area contributed by atoms with E-state index >= 15 is 0 Å². The Morgan fingerprint density at radius 3 is 1.94 bits per heavy atom. The molecule has 1 unspecified atom stereocenters. The zero-order valence-corrected chi connectivity index (χ0v) is 20.0. The molecule has 0 saturated carbocycles. The highest BCUT2D eigenvalue weighted by molar-refractivity contribution is 5.70. The highest BCUT2D eigenvalue weighted by Crippen LogP contribution is 2.30. The maximum atomic E-state index is 12.2. The van der Waals surface area contributed by atoms with Crippen molar-refractivity contribution in [2.24, 2.45) is 0 Å². The molecular weight excluding hydrogens is 424 g/mol. The summed E-state index contributed by atoms with van der Waals surface area (Å²) in [5.74, 6) is 0.0957. The Bertz CT molecular complexity index is 1320. The van der Waals surface area contributed by atoms with Crippen molar-refractivity contribution in [3.8, 4) is 5.75 Å². The van der Waals surface area contributed by atoms with E-state index in [-0.39, 0.29) is 23.5 Å². The number of ether oxygens (including phenoxy) is 1. The third kappa shape index (κ3) is 5.26. The minimum atomic E-state index is -0.589. The van der Waals surface area contributed by atoms with Crippen LogP contribution in [-0.2, 0) is 0 Å². The van der Waals surface area contributed by atoms with Crippen molar-refractivity contribution in [3.05, 3.63) is 122 Å². The van der Waals surface area contributed by atoms with Gasteiger partial charge in [-0.3, -0.25) is 14.9 Å². The van der Waals surface area contributed by atoms with Gasteiger partial charge in [-0.2, -0.15) is 0 Å². The van der Waals surface area contributed by atoms with Gasteiger partial charge >= 0.3 is 0 Å². The van der Waals surface area contributed by atoms with Crippen molar-refractivity contribution < 1.29 is 4.74 Å². The molecule has 4 aromatic rings. The summed E-state index contributed by atoms with van der Waals surface area (Å²) in [4.78, 5) is 24.3. The van der Waals surface area contributed by atoms with Crippen LogP contribution in [0, 0.1) is 0 Å². The van der Waals surface area contributed by atoms with Crippen molar-refractivity contribution in [2.45, 2.75) is 45.4 Å². The molecule has 0 aliphatic carbocycles. The SMILES string of the molecule is C[C@@H](NC(c1ccccc1)c1cccc(Nc2c(OC(C)(C)C)c(=O)c2=O)c1)c1ccccc1. The molecule has 4 aromatic carbocycles. The van der Waals surface area contributed by atoms with Crippen molar-refractivity contribution in [3.63, 3.8) is 0 Å². The number of rotatable bonds is 8. The van der Waals surface area contributed by atoms with Gasteiger partial charge in [0.15, 0.2) is 5.75 Å². The summed E-state index contributed by atoms with van der Waals surface area (Å²) in [5.41, 5.74) is 2.58. The van der Waals surface area contributed by atoms with Crippen LogP contribution >= 0.6 is 0 Å². The van der Waals surface area contributed by atoms with Crippen LogP contribution in [0.5, 0.6) is 5.75 Å². The van der Waals surface area contributed by atoms with E-state index in [0.717, 1.165) is 16.8 Å². The van der Waals surface area contributed by atoms with Crippen molar-refractivity contribution in [1.82, 2.24) is 5.32 Å². The molecule has 0 fully saturated rings. The monoisotopic (exact) mass is 454 g/mol. The van der Waals surface area contributed by atoms with Crippen LogP contribution in [0.4, 0.5) is 11.4 Å². The molecule has 0 radical (unpaired) electrons. The van der Waals surface area contributed by atoms with E-state index < -0.39 is 16.5 Å². The third-order valence-electron chi connectivity index (χ3n) is 5.61. The molecular formula is C29H30N2O3. The summed E-state index contributed by atoms with van der Waals surface area (Å²) < 4.78 is 5.72. The molecule has 0 spiro atoms. The zero-order chi connectivity index (χ0) is 24.3. The molecule has 0 aliphatic rings. The summed E-state index contributed by atoms with van der Waals surface area (Å²) in [5, 5.41) is 6.86. The first-order chi connectivity index (χ1) is 16.2. The maximum Gasteiger partial charge on any atom is 0.272 e. The molecule has 2 N–H and O–H groups in total. The lowest BCUT2D eigenvalue weighted by atomic mass is 9.96. The van der Waals surface area contributed by atoms with Gasteiger partial charge in [0.1, 0.15) is 11.3 Å². The Kier molecular flexibility index (Phi) is 6.66. The van der Waals surface area contributed by atoms with Gasteiger partial charge in [0.2, 0.25) is 0 Å². The second kappa shape index (κ2) is 9.65. The standard InChI is InChI=1S/C29H30N2O3/c1-19(20-12-7-5-8-13-20)30-24(21-14-9-6-10-15-21)22-16-11-17-23(18-22)31-25-26(32)27(33)28(25)34-29(2,3)4/h5-19,24,30-31H,1-4H3/t19-,24?/m1/s1. The van der Waals surface area contributed by atoms with E-state index in [1.807, 2.05) is 75.4 Å². The zero-order valence-electron chi connectivity index (χ0n) is 20.0. The first-order valence-electron chi connectivity index (χ1n) is 11.5. The Balaban J connectivity index is 1.64. The molecule has 2 atom stereocenters. The molecule has 34 heavy (non-hydrogen) atoms. The molecule has 5 nitrogen and oxygen atoms in total. The lowest BCUT2D eigenvalue weighted by molar-refractivity contribution is 0.128. The van der Waals surface area contributed by atoms with Crippen LogP contribution < -0.4 is 26.2 Å². The first kappa shape index (κ1) is 23.5. The lowest BCUT2D eigenvalue weighted by Crippen LogP contribution is -2.39. The smallest absolute Gasteiger partial charge is 0.272 e. The number of anilines is 2. The van der Waals surface area contributed by atoms with Crippen LogP contribution in [-0.4, -0.2) is 5.60 Å². The van der Waals surface area contributed by atoms with Crippen molar-refractivity contribution in [1.29, 1.82) is 0 Å². The quantitative estimate of drug-likeness (QED) is 0.337. The van der Waals surface area contributed by atoms with Gasteiger partial charge in [-0.1, -0.05) is 72.8 Å². The van der Waals surface area contributed by atoms with Crippen LogP contribution in [0.2, 0.25) is 0 Å². The minimum Gasteiger partial charge on any atom is -0.482 e. The number of benzene rings is 3. The maximum absolute atomic E-state index is 12.2. The highest BCUT2D eigenvalue weighted by atomic mass is 16.5. The van der Waals surface area contributed by atoms with Gasteiger partial charge in [0.25, 0.3) is 10.9 Å². The van der Waals surface area contributed by atoms with E-state index in [1.54, 1.807) is 0 Å². The van der Waals surface area contributed by atoms with Crippen LogP contribution in [0.25, 0.3) is 0 Å². The topological polar surface area (TPSA) is 67.4 Å². The molecule has 0 bridgehead atoms. The molecule has 0 saturated heterocycles. The normalized spacial score (nSPS) is 13.4. The molecule has 5 heteroatoms. The van der Waals surface area contributed by atoms with Crippen molar-refractivity contribution in [2.75, 3.05) is 5.32 Å². The van der Waals surface area contributed by atoms with Gasteiger partial charge < -0.3 is 10.1 Å². The lowest BCUT2D eigenvalue weighted by Gasteiger charge is -2.26. The number of nitrogens with one attached hydrogen (secondary N) is 2. The van der Waals surface area contributed by atoms with Gasteiger partial charge in [-0.25, -0.2) is 0 Å². The predicted octanol–water partition coefficient (Wildman–Crippen LogP) is 5.64. The third-order valence-corrected chi connectivity index (χ3v) is 5.61. The second-order valence-corrected chi connectivity index (χ2v) is 9.47. The Morgan fingerprint density at radius 2 is 1.32 bits per heavy atom. The fourth-order valence-electron chi connectivity index (χ4n) is 3.95. The van der Waals surface area contributed by atoms with E-state index in [9.17, 15) is 9.59 Å². The van der Waals surface area contributed by atoms with E-state index in [0.29, 0.717) is 0 Å². The van der Waals surface area contributed by atoms with E-state index in [1.165, 1.54) is 5.56 Å². The largest absolute Gasteiger partial charge is 0.482 e. The summed E-state index contributed by atoms with van der Waals surface area (Å²) in [6, 6.07) is 28.5. The molecule has 0 aliphatic heterocycles. The fourth-order valence-corrected chi connectivity index (χ4v) is 3.95. The Labute approximate surface area is 200 Å². The van der Waals surface area contributed by atoms with Gasteiger partial charge in [-0.15, -0.1) is 0 Å².